The number of carbonyl (C=O) groups excluding carboxylic acids is 1. The van der Waals surface area contributed by atoms with Crippen LogP contribution in [0.25, 0.3) is 0 Å². The average molecular weight is 208 g/mol. The minimum absolute atomic E-state index is 0.353. The summed E-state index contributed by atoms with van der Waals surface area (Å²) in [6, 6.07) is 0. The highest BCUT2D eigenvalue weighted by Crippen LogP contribution is 2.32. The van der Waals surface area contributed by atoms with Gasteiger partial charge < -0.3 is 0 Å². The summed E-state index contributed by atoms with van der Waals surface area (Å²) in [6.07, 6.45) is 2.69. The lowest BCUT2D eigenvalue weighted by Crippen LogP contribution is -2.15. The van der Waals surface area contributed by atoms with Gasteiger partial charge in [-0.2, -0.15) is 5.10 Å². The molecule has 1 aromatic rings. The summed E-state index contributed by atoms with van der Waals surface area (Å²) in [6.45, 7) is 8.70. The van der Waals surface area contributed by atoms with Crippen LogP contribution in [0, 0.1) is 11.8 Å². The molecule has 84 valence electrons. The van der Waals surface area contributed by atoms with Gasteiger partial charge in [0.1, 0.15) is 0 Å². The molecule has 0 bridgehead atoms. The number of aryl methyl sites for hydroxylation is 1. The van der Waals surface area contributed by atoms with Crippen molar-refractivity contribution in [3.8, 4) is 0 Å². The molecule has 0 radical (unpaired) electrons. The van der Waals surface area contributed by atoms with Crippen LogP contribution in [0.1, 0.15) is 49.7 Å². The number of hydrogen-bond acceptors (Lipinski definition) is 2. The summed E-state index contributed by atoms with van der Waals surface area (Å²) in [5, 5.41) is 4.41. The minimum atomic E-state index is 0.353. The number of nitrogens with zero attached hydrogens (tertiary/aromatic N) is 2. The van der Waals surface area contributed by atoms with Crippen molar-refractivity contribution in [2.24, 2.45) is 18.9 Å². The molecule has 0 N–H and O–H groups in total. The second kappa shape index (κ2) is 4.60. The standard InChI is InChI=1S/C12H20N2O/c1-8(2)11(9(3)4)12-10(7-15)6-14(5)13-12/h6-9,11H,1-5H3. The van der Waals surface area contributed by atoms with Crippen molar-refractivity contribution in [1.29, 1.82) is 0 Å². The van der Waals surface area contributed by atoms with Crippen LogP contribution in [-0.4, -0.2) is 16.1 Å². The van der Waals surface area contributed by atoms with Gasteiger partial charge in [-0.15, -0.1) is 0 Å². The molecule has 0 saturated carbocycles. The van der Waals surface area contributed by atoms with E-state index in [9.17, 15) is 4.79 Å². The van der Waals surface area contributed by atoms with Gasteiger partial charge in [0.05, 0.1) is 11.3 Å². The van der Waals surface area contributed by atoms with E-state index in [2.05, 4.69) is 32.8 Å². The zero-order valence-electron chi connectivity index (χ0n) is 10.2. The molecule has 1 heterocycles. The third-order valence-corrected chi connectivity index (χ3v) is 2.77. The van der Waals surface area contributed by atoms with E-state index in [-0.39, 0.29) is 0 Å². The van der Waals surface area contributed by atoms with Crippen LogP contribution in [0.2, 0.25) is 0 Å². The summed E-state index contributed by atoms with van der Waals surface area (Å²) >= 11 is 0. The summed E-state index contributed by atoms with van der Waals surface area (Å²) in [7, 11) is 1.86. The SMILES string of the molecule is CC(C)C(c1nn(C)cc1C=O)C(C)C. The normalized spacial score (nSPS) is 11.7. The number of rotatable bonds is 4. The maximum absolute atomic E-state index is 10.9. The molecule has 1 aromatic heterocycles. The van der Waals surface area contributed by atoms with Crippen LogP contribution in [0.5, 0.6) is 0 Å². The molecule has 0 aliphatic carbocycles. The first-order chi connectivity index (χ1) is 6.97. The van der Waals surface area contributed by atoms with Gasteiger partial charge in [-0.25, -0.2) is 0 Å². The average Bonchev–Trinajstić information content (AvgIpc) is 2.45. The monoisotopic (exact) mass is 208 g/mol. The van der Waals surface area contributed by atoms with Gasteiger partial charge in [0, 0.05) is 19.2 Å². The van der Waals surface area contributed by atoms with Crippen molar-refractivity contribution in [1.82, 2.24) is 9.78 Å². The molecule has 3 nitrogen and oxygen atoms in total. The van der Waals surface area contributed by atoms with E-state index in [1.54, 1.807) is 10.9 Å². The molecule has 0 fully saturated rings. The lowest BCUT2D eigenvalue weighted by atomic mass is 9.82. The number of hydrogen-bond donors (Lipinski definition) is 0. The molecule has 0 spiro atoms. The van der Waals surface area contributed by atoms with Crippen molar-refractivity contribution in [3.63, 3.8) is 0 Å². The van der Waals surface area contributed by atoms with Gasteiger partial charge in [0.25, 0.3) is 0 Å². The fraction of sp³-hybridized carbons (Fsp3) is 0.667. The molecule has 1 rings (SSSR count). The predicted octanol–water partition coefficient (Wildman–Crippen LogP) is 2.63. The Bertz CT molecular complexity index is 331. The van der Waals surface area contributed by atoms with Gasteiger partial charge in [-0.05, 0) is 11.8 Å². The molecule has 0 unspecified atom stereocenters. The largest absolute Gasteiger partial charge is 0.298 e. The first-order valence-corrected chi connectivity index (χ1v) is 5.46. The highest BCUT2D eigenvalue weighted by atomic mass is 16.1. The zero-order chi connectivity index (χ0) is 11.6. The highest BCUT2D eigenvalue weighted by molar-refractivity contribution is 5.76. The van der Waals surface area contributed by atoms with Crippen LogP contribution < -0.4 is 0 Å². The molecular formula is C12H20N2O. The van der Waals surface area contributed by atoms with E-state index >= 15 is 0 Å². The van der Waals surface area contributed by atoms with Gasteiger partial charge in [-0.3, -0.25) is 9.48 Å². The third-order valence-electron chi connectivity index (χ3n) is 2.77. The lowest BCUT2D eigenvalue weighted by Gasteiger charge is -2.23. The van der Waals surface area contributed by atoms with Crippen LogP contribution in [0.15, 0.2) is 6.20 Å². The quantitative estimate of drug-likeness (QED) is 0.713. The molecule has 0 saturated heterocycles. The van der Waals surface area contributed by atoms with E-state index in [0.717, 1.165) is 17.5 Å². The number of aromatic nitrogens is 2. The van der Waals surface area contributed by atoms with Crippen LogP contribution in [0.4, 0.5) is 0 Å². The Labute approximate surface area is 91.5 Å². The van der Waals surface area contributed by atoms with Crippen molar-refractivity contribution in [2.75, 3.05) is 0 Å². The van der Waals surface area contributed by atoms with Crippen molar-refractivity contribution < 1.29 is 4.79 Å². The maximum atomic E-state index is 10.9. The summed E-state index contributed by atoms with van der Waals surface area (Å²) in [4.78, 5) is 10.9. The van der Waals surface area contributed by atoms with Gasteiger partial charge in [0.15, 0.2) is 6.29 Å². The van der Waals surface area contributed by atoms with Crippen LogP contribution >= 0.6 is 0 Å². The summed E-state index contributed by atoms with van der Waals surface area (Å²) in [5.41, 5.74) is 1.67. The second-order valence-electron chi connectivity index (χ2n) is 4.78. The zero-order valence-corrected chi connectivity index (χ0v) is 10.2. The lowest BCUT2D eigenvalue weighted by molar-refractivity contribution is 0.112. The smallest absolute Gasteiger partial charge is 0.153 e. The third kappa shape index (κ3) is 2.46. The maximum Gasteiger partial charge on any atom is 0.153 e. The predicted molar refractivity (Wildman–Crippen MR) is 61.0 cm³/mol. The van der Waals surface area contributed by atoms with Gasteiger partial charge >= 0.3 is 0 Å². The molecule has 3 heteroatoms. The molecule has 15 heavy (non-hydrogen) atoms. The summed E-state index contributed by atoms with van der Waals surface area (Å²) in [5.74, 6) is 1.35. The second-order valence-corrected chi connectivity index (χ2v) is 4.78. The minimum Gasteiger partial charge on any atom is -0.298 e. The van der Waals surface area contributed by atoms with Crippen molar-refractivity contribution in [2.45, 2.75) is 33.6 Å². The molecule has 0 atom stereocenters. The van der Waals surface area contributed by atoms with Crippen molar-refractivity contribution in [3.05, 3.63) is 17.5 Å². The summed E-state index contributed by atoms with van der Waals surface area (Å²) < 4.78 is 1.72. The van der Waals surface area contributed by atoms with E-state index in [0.29, 0.717) is 17.8 Å². The number of aldehydes is 1. The van der Waals surface area contributed by atoms with Crippen LogP contribution in [-0.2, 0) is 7.05 Å². The highest BCUT2D eigenvalue weighted by Gasteiger charge is 2.24. The Balaban J connectivity index is 3.15. The Morgan fingerprint density at radius 1 is 1.27 bits per heavy atom. The van der Waals surface area contributed by atoms with E-state index < -0.39 is 0 Å². The number of carbonyl (C=O) groups is 1. The van der Waals surface area contributed by atoms with Gasteiger partial charge in [-0.1, -0.05) is 27.7 Å². The van der Waals surface area contributed by atoms with Crippen molar-refractivity contribution >= 4 is 6.29 Å². The molecule has 0 aliphatic rings. The fourth-order valence-corrected chi connectivity index (χ4v) is 2.28. The topological polar surface area (TPSA) is 34.9 Å². The van der Waals surface area contributed by atoms with Crippen LogP contribution in [0.3, 0.4) is 0 Å². The van der Waals surface area contributed by atoms with Gasteiger partial charge in [0.2, 0.25) is 0 Å². The first-order valence-electron chi connectivity index (χ1n) is 5.46. The van der Waals surface area contributed by atoms with E-state index in [4.69, 9.17) is 0 Å². The molecule has 0 amide bonds. The van der Waals surface area contributed by atoms with E-state index in [1.807, 2.05) is 7.05 Å². The molecule has 0 aliphatic heterocycles. The van der Waals surface area contributed by atoms with E-state index in [1.165, 1.54) is 0 Å². The molecular weight excluding hydrogens is 188 g/mol. The Morgan fingerprint density at radius 2 is 1.80 bits per heavy atom. The Morgan fingerprint density at radius 3 is 2.20 bits per heavy atom. The fourth-order valence-electron chi connectivity index (χ4n) is 2.28. The Kier molecular flexibility index (Phi) is 3.66. The molecule has 0 aromatic carbocycles. The Hall–Kier alpha value is -1.12. The first kappa shape index (κ1) is 12.0.